The van der Waals surface area contributed by atoms with Crippen LogP contribution >= 0.6 is 0 Å². The average molecular weight is 408 g/mol. The van der Waals surface area contributed by atoms with Crippen molar-refractivity contribution in [3.05, 3.63) is 29.3 Å². The van der Waals surface area contributed by atoms with Crippen LogP contribution in [0.4, 0.5) is 0 Å². The van der Waals surface area contributed by atoms with E-state index in [1.165, 1.54) is 107 Å². The lowest BCUT2D eigenvalue weighted by Crippen LogP contribution is -2.02. The molecule has 0 aliphatic heterocycles. The van der Waals surface area contributed by atoms with Crippen LogP contribution in [0.5, 0.6) is 5.75 Å². The summed E-state index contributed by atoms with van der Waals surface area (Å²) in [5.41, 5.74) is 2.72. The number of aryl methyl sites for hydroxylation is 1. The predicted molar refractivity (Wildman–Crippen MR) is 130 cm³/mol. The van der Waals surface area contributed by atoms with Gasteiger partial charge in [-0.15, -0.1) is 0 Å². The first kappa shape index (κ1) is 25.4. The Bertz CT molecular complexity index is 483. The average Bonchev–Trinajstić information content (AvgIpc) is 2.66. The molecular weight excluding hydrogens is 360 g/mol. The van der Waals surface area contributed by atoms with Crippen molar-refractivity contribution in [3.8, 4) is 5.75 Å². The van der Waals surface area contributed by atoms with Crippen LogP contribution in [0, 0.1) is 6.92 Å². The molecule has 1 aromatic rings. The van der Waals surface area contributed by atoms with Gasteiger partial charge >= 0.3 is 0 Å². The second kappa shape index (κ2) is 17.2. The van der Waals surface area contributed by atoms with Gasteiger partial charge in [0.05, 0.1) is 19.1 Å². The molecule has 0 N–H and O–H groups in total. The second-order valence-electron chi connectivity index (χ2n) is 8.67. The number of rotatable bonds is 18. The Labute approximate surface area is 179 Å². The molecule has 0 saturated carbocycles. The SMILES string of the molecule is CCCCCCCCCCCCCCCCOc1ccc(C[S+](C)C)cc1C. The molecular formula is C26H47OS+. The number of hydrogen-bond donors (Lipinski definition) is 0. The summed E-state index contributed by atoms with van der Waals surface area (Å²) in [6.45, 7) is 5.33. The molecule has 0 saturated heterocycles. The Morgan fingerprint density at radius 2 is 1.21 bits per heavy atom. The van der Waals surface area contributed by atoms with Crippen molar-refractivity contribution in [2.24, 2.45) is 0 Å². The van der Waals surface area contributed by atoms with Crippen molar-refractivity contribution in [1.29, 1.82) is 0 Å². The van der Waals surface area contributed by atoms with E-state index in [1.807, 2.05) is 0 Å². The van der Waals surface area contributed by atoms with Gasteiger partial charge in [0.2, 0.25) is 0 Å². The zero-order chi connectivity index (χ0) is 20.5. The minimum atomic E-state index is 0.462. The Morgan fingerprint density at radius 1 is 0.714 bits per heavy atom. The number of benzene rings is 1. The number of unbranched alkanes of at least 4 members (excludes halogenated alkanes) is 13. The van der Waals surface area contributed by atoms with E-state index in [0.29, 0.717) is 10.9 Å². The predicted octanol–water partition coefficient (Wildman–Crippen LogP) is 8.23. The molecule has 0 radical (unpaired) electrons. The monoisotopic (exact) mass is 407 g/mol. The Balaban J connectivity index is 1.91. The molecule has 28 heavy (non-hydrogen) atoms. The van der Waals surface area contributed by atoms with Crippen LogP contribution in [-0.4, -0.2) is 19.1 Å². The smallest absolute Gasteiger partial charge is 0.132 e. The fourth-order valence-electron chi connectivity index (χ4n) is 3.78. The first-order valence-electron chi connectivity index (χ1n) is 11.9. The summed E-state index contributed by atoms with van der Waals surface area (Å²) in [6.07, 6.45) is 24.2. The molecule has 0 heterocycles. The summed E-state index contributed by atoms with van der Waals surface area (Å²) >= 11 is 0. The maximum atomic E-state index is 6.01. The molecule has 0 amide bonds. The highest BCUT2D eigenvalue weighted by Gasteiger charge is 2.07. The lowest BCUT2D eigenvalue weighted by Gasteiger charge is -2.10. The van der Waals surface area contributed by atoms with Crippen LogP contribution in [0.3, 0.4) is 0 Å². The number of ether oxygens (including phenoxy) is 1. The van der Waals surface area contributed by atoms with Crippen molar-refractivity contribution < 1.29 is 4.74 Å². The summed E-state index contributed by atoms with van der Waals surface area (Å²) in [4.78, 5) is 0. The molecule has 162 valence electrons. The largest absolute Gasteiger partial charge is 0.493 e. The van der Waals surface area contributed by atoms with Crippen LogP contribution in [0.2, 0.25) is 0 Å². The molecule has 0 bridgehead atoms. The Hall–Kier alpha value is -0.630. The van der Waals surface area contributed by atoms with E-state index in [2.05, 4.69) is 44.6 Å². The van der Waals surface area contributed by atoms with Gasteiger partial charge in [0.25, 0.3) is 0 Å². The third-order valence-electron chi connectivity index (χ3n) is 5.45. The molecule has 2 heteroatoms. The van der Waals surface area contributed by atoms with Gasteiger partial charge in [-0.1, -0.05) is 96.5 Å². The van der Waals surface area contributed by atoms with Crippen LogP contribution in [0.15, 0.2) is 18.2 Å². The third kappa shape index (κ3) is 13.5. The molecule has 0 aliphatic rings. The third-order valence-corrected chi connectivity index (χ3v) is 6.36. The molecule has 0 aromatic heterocycles. The minimum absolute atomic E-state index is 0.462. The zero-order valence-corrected chi connectivity index (χ0v) is 20.2. The standard InChI is InChI=1S/C26H47OS/c1-5-6-7-8-9-10-11-12-13-14-15-16-17-18-21-27-26-20-19-25(22-24(26)2)23-28(3)4/h19-20,22H,5-18,21,23H2,1-4H3/q+1. The van der Waals surface area contributed by atoms with Gasteiger partial charge in [-0.25, -0.2) is 0 Å². The quantitative estimate of drug-likeness (QED) is 0.176. The highest BCUT2D eigenvalue weighted by molar-refractivity contribution is 7.94. The second-order valence-corrected chi connectivity index (χ2v) is 10.9. The van der Waals surface area contributed by atoms with Crippen molar-refractivity contribution in [3.63, 3.8) is 0 Å². The lowest BCUT2D eigenvalue weighted by atomic mass is 10.0. The highest BCUT2D eigenvalue weighted by atomic mass is 32.2. The van der Waals surface area contributed by atoms with E-state index in [-0.39, 0.29) is 0 Å². The minimum Gasteiger partial charge on any atom is -0.493 e. The van der Waals surface area contributed by atoms with Crippen molar-refractivity contribution in [2.45, 2.75) is 109 Å². The first-order valence-corrected chi connectivity index (χ1v) is 14.1. The van der Waals surface area contributed by atoms with Gasteiger partial charge in [0.15, 0.2) is 0 Å². The summed E-state index contributed by atoms with van der Waals surface area (Å²) in [5, 5.41) is 0. The Kier molecular flexibility index (Phi) is 15.6. The van der Waals surface area contributed by atoms with E-state index in [0.717, 1.165) is 12.4 Å². The van der Waals surface area contributed by atoms with Gasteiger partial charge in [0.1, 0.15) is 11.5 Å². The molecule has 0 fully saturated rings. The number of hydrogen-bond acceptors (Lipinski definition) is 1. The molecule has 0 spiro atoms. The van der Waals surface area contributed by atoms with E-state index in [9.17, 15) is 0 Å². The fourth-order valence-corrected chi connectivity index (χ4v) is 4.62. The van der Waals surface area contributed by atoms with Crippen LogP contribution in [0.25, 0.3) is 0 Å². The van der Waals surface area contributed by atoms with E-state index < -0.39 is 0 Å². The Morgan fingerprint density at radius 3 is 1.68 bits per heavy atom. The topological polar surface area (TPSA) is 9.23 Å². The molecule has 1 nitrogen and oxygen atoms in total. The molecule has 1 rings (SSSR count). The van der Waals surface area contributed by atoms with Crippen molar-refractivity contribution in [2.75, 3.05) is 19.1 Å². The molecule has 0 aliphatic carbocycles. The molecule has 0 unspecified atom stereocenters. The van der Waals surface area contributed by atoms with Crippen LogP contribution in [0.1, 0.15) is 108 Å². The van der Waals surface area contributed by atoms with E-state index >= 15 is 0 Å². The van der Waals surface area contributed by atoms with E-state index in [1.54, 1.807) is 0 Å². The maximum absolute atomic E-state index is 6.01. The van der Waals surface area contributed by atoms with Gasteiger partial charge < -0.3 is 4.74 Å². The molecule has 0 atom stereocenters. The lowest BCUT2D eigenvalue weighted by molar-refractivity contribution is 0.302. The van der Waals surface area contributed by atoms with Crippen molar-refractivity contribution in [1.82, 2.24) is 0 Å². The summed E-state index contributed by atoms with van der Waals surface area (Å²) in [7, 11) is 0.462. The highest BCUT2D eigenvalue weighted by Crippen LogP contribution is 2.21. The molecule has 1 aromatic carbocycles. The van der Waals surface area contributed by atoms with Crippen LogP contribution < -0.4 is 4.74 Å². The van der Waals surface area contributed by atoms with Crippen molar-refractivity contribution >= 4 is 10.9 Å². The maximum Gasteiger partial charge on any atom is 0.132 e. The van der Waals surface area contributed by atoms with Gasteiger partial charge in [0, 0.05) is 5.56 Å². The fraction of sp³-hybridized carbons (Fsp3) is 0.769. The zero-order valence-electron chi connectivity index (χ0n) is 19.4. The van der Waals surface area contributed by atoms with Gasteiger partial charge in [-0.2, -0.15) is 0 Å². The van der Waals surface area contributed by atoms with E-state index in [4.69, 9.17) is 4.74 Å². The van der Waals surface area contributed by atoms with Crippen LogP contribution in [-0.2, 0) is 16.6 Å². The normalized spacial score (nSPS) is 11.3. The summed E-state index contributed by atoms with van der Waals surface area (Å²) < 4.78 is 6.01. The summed E-state index contributed by atoms with van der Waals surface area (Å²) in [5.74, 6) is 2.26. The first-order chi connectivity index (χ1) is 13.6. The summed E-state index contributed by atoms with van der Waals surface area (Å²) in [6, 6.07) is 6.70. The van der Waals surface area contributed by atoms with Gasteiger partial charge in [-0.05, 0) is 41.9 Å². The van der Waals surface area contributed by atoms with Gasteiger partial charge in [-0.3, -0.25) is 0 Å².